The molecule has 1 aromatic heterocycles. The third kappa shape index (κ3) is 3.79. The molecule has 0 amide bonds. The average molecular weight is 336 g/mol. The van der Waals surface area contributed by atoms with E-state index in [1.54, 1.807) is 0 Å². The minimum absolute atomic E-state index is 0.0139. The van der Waals surface area contributed by atoms with Crippen LogP contribution in [0, 0.1) is 0 Å². The fourth-order valence-electron chi connectivity index (χ4n) is 1.79. The number of imidazole rings is 1. The largest absolute Gasteiger partial charge is 0.418 e. The van der Waals surface area contributed by atoms with Gasteiger partial charge in [0, 0.05) is 12.4 Å². The summed E-state index contributed by atoms with van der Waals surface area (Å²) < 4.78 is 51.3. The fraction of sp³-hybridized carbons (Fsp3) is 0.182. The lowest BCUT2D eigenvalue weighted by molar-refractivity contribution is -0.137. The molecule has 2 rings (SSSR count). The molecular formula is C11H12F3N4O3P. The van der Waals surface area contributed by atoms with Gasteiger partial charge in [0.25, 0.3) is 0 Å². The van der Waals surface area contributed by atoms with E-state index in [0.717, 1.165) is 10.6 Å². The number of alkyl halides is 3. The zero-order chi connectivity index (χ0) is 16.5. The SMILES string of the molecule is Nc1cc(C(F)(F)F)c(-n2ccnc2)cc1NCP(=O)(O)O. The highest BCUT2D eigenvalue weighted by Gasteiger charge is 2.35. The van der Waals surface area contributed by atoms with Gasteiger partial charge in [-0.1, -0.05) is 0 Å². The van der Waals surface area contributed by atoms with E-state index >= 15 is 0 Å². The van der Waals surface area contributed by atoms with E-state index < -0.39 is 25.6 Å². The number of aromatic nitrogens is 2. The lowest BCUT2D eigenvalue weighted by Crippen LogP contribution is -2.13. The second-order valence-corrected chi connectivity index (χ2v) is 6.07. The van der Waals surface area contributed by atoms with Crippen molar-refractivity contribution in [1.82, 2.24) is 9.55 Å². The zero-order valence-corrected chi connectivity index (χ0v) is 11.8. The lowest BCUT2D eigenvalue weighted by atomic mass is 10.1. The van der Waals surface area contributed by atoms with Crippen LogP contribution in [0.3, 0.4) is 0 Å². The number of nitrogens with zero attached hydrogens (tertiary/aromatic N) is 2. The summed E-state index contributed by atoms with van der Waals surface area (Å²) in [5.74, 6) is 0. The number of nitrogens with one attached hydrogen (secondary N) is 1. The number of nitrogen functional groups attached to an aromatic ring is 1. The highest BCUT2D eigenvalue weighted by atomic mass is 31.2. The van der Waals surface area contributed by atoms with Crippen molar-refractivity contribution < 1.29 is 27.5 Å². The van der Waals surface area contributed by atoms with Gasteiger partial charge in [-0.25, -0.2) is 4.98 Å². The maximum atomic E-state index is 13.1. The van der Waals surface area contributed by atoms with Crippen molar-refractivity contribution in [2.75, 3.05) is 17.3 Å². The molecule has 0 aliphatic carbocycles. The number of halogens is 3. The summed E-state index contributed by atoms with van der Waals surface area (Å²) in [5.41, 5.74) is 4.00. The highest BCUT2D eigenvalue weighted by Crippen LogP contribution is 2.39. The monoisotopic (exact) mass is 336 g/mol. The molecule has 1 aromatic carbocycles. The molecule has 0 aliphatic heterocycles. The highest BCUT2D eigenvalue weighted by molar-refractivity contribution is 7.51. The summed E-state index contributed by atoms with van der Waals surface area (Å²) in [5, 5.41) is 2.34. The molecule has 0 aliphatic rings. The molecule has 0 bridgehead atoms. The summed E-state index contributed by atoms with van der Waals surface area (Å²) in [6, 6.07) is 1.77. The van der Waals surface area contributed by atoms with Gasteiger partial charge in [0.05, 0.1) is 29.0 Å². The van der Waals surface area contributed by atoms with Crippen molar-refractivity contribution in [2.45, 2.75) is 6.18 Å². The molecule has 0 fully saturated rings. The van der Waals surface area contributed by atoms with Crippen LogP contribution < -0.4 is 11.1 Å². The van der Waals surface area contributed by atoms with Crippen molar-refractivity contribution in [2.24, 2.45) is 0 Å². The number of hydrogen-bond donors (Lipinski definition) is 4. The Morgan fingerprint density at radius 2 is 2.05 bits per heavy atom. The number of anilines is 2. The van der Waals surface area contributed by atoms with Crippen LogP contribution in [-0.4, -0.2) is 25.6 Å². The molecule has 0 spiro atoms. The third-order valence-electron chi connectivity index (χ3n) is 2.73. The minimum Gasteiger partial charge on any atom is -0.397 e. The van der Waals surface area contributed by atoms with Crippen LogP contribution in [0.1, 0.15) is 5.56 Å². The molecule has 22 heavy (non-hydrogen) atoms. The molecule has 120 valence electrons. The molecule has 7 nitrogen and oxygen atoms in total. The molecule has 0 saturated carbocycles. The van der Waals surface area contributed by atoms with Crippen LogP contribution in [0.25, 0.3) is 5.69 Å². The Kier molecular flexibility index (Phi) is 4.19. The maximum absolute atomic E-state index is 13.1. The van der Waals surface area contributed by atoms with Gasteiger partial charge < -0.3 is 25.4 Å². The van der Waals surface area contributed by atoms with Gasteiger partial charge in [0.2, 0.25) is 0 Å². The second-order valence-electron chi connectivity index (χ2n) is 4.42. The number of nitrogens with two attached hydrogens (primary N) is 1. The first-order valence-corrected chi connectivity index (χ1v) is 7.65. The predicted octanol–water partition coefficient (Wildman–Crippen LogP) is 2.02. The first kappa shape index (κ1) is 16.3. The van der Waals surface area contributed by atoms with Crippen molar-refractivity contribution in [1.29, 1.82) is 0 Å². The van der Waals surface area contributed by atoms with Crippen molar-refractivity contribution >= 4 is 19.0 Å². The Balaban J connectivity index is 2.51. The Hall–Kier alpha value is -2.03. The number of rotatable bonds is 4. The van der Waals surface area contributed by atoms with E-state index in [-0.39, 0.29) is 17.1 Å². The van der Waals surface area contributed by atoms with Gasteiger partial charge in [-0.2, -0.15) is 13.2 Å². The minimum atomic E-state index is -4.64. The van der Waals surface area contributed by atoms with Crippen LogP contribution in [0.5, 0.6) is 0 Å². The van der Waals surface area contributed by atoms with E-state index in [0.29, 0.717) is 6.07 Å². The van der Waals surface area contributed by atoms with Gasteiger partial charge in [-0.3, -0.25) is 4.57 Å². The third-order valence-corrected chi connectivity index (χ3v) is 3.30. The Morgan fingerprint density at radius 3 is 2.55 bits per heavy atom. The summed E-state index contributed by atoms with van der Waals surface area (Å²) in [7, 11) is -4.38. The molecule has 2 aromatic rings. The molecule has 5 N–H and O–H groups in total. The second kappa shape index (κ2) is 5.64. The van der Waals surface area contributed by atoms with Crippen LogP contribution >= 0.6 is 7.60 Å². The van der Waals surface area contributed by atoms with E-state index in [1.807, 2.05) is 0 Å². The Labute approximate surface area is 122 Å². The van der Waals surface area contributed by atoms with Crippen molar-refractivity contribution in [3.8, 4) is 5.69 Å². The fourth-order valence-corrected chi connectivity index (χ4v) is 2.16. The van der Waals surface area contributed by atoms with E-state index in [2.05, 4.69) is 10.3 Å². The summed E-state index contributed by atoms with van der Waals surface area (Å²) in [6.07, 6.45) is -1.60. The van der Waals surface area contributed by atoms with Gasteiger partial charge in [0.15, 0.2) is 0 Å². The average Bonchev–Trinajstić information content (AvgIpc) is 2.88. The number of hydrogen-bond acceptors (Lipinski definition) is 4. The first-order valence-electron chi connectivity index (χ1n) is 5.85. The first-order chi connectivity index (χ1) is 10.1. The predicted molar refractivity (Wildman–Crippen MR) is 73.5 cm³/mol. The molecule has 0 saturated heterocycles. The Bertz CT molecular complexity index is 712. The van der Waals surface area contributed by atoms with E-state index in [1.165, 1.54) is 18.7 Å². The van der Waals surface area contributed by atoms with Crippen LogP contribution in [-0.2, 0) is 10.7 Å². The smallest absolute Gasteiger partial charge is 0.397 e. The van der Waals surface area contributed by atoms with Crippen LogP contribution in [0.2, 0.25) is 0 Å². The maximum Gasteiger partial charge on any atom is 0.418 e. The van der Waals surface area contributed by atoms with Gasteiger partial charge in [-0.05, 0) is 12.1 Å². The van der Waals surface area contributed by atoms with Gasteiger partial charge in [-0.15, -0.1) is 0 Å². The van der Waals surface area contributed by atoms with E-state index in [9.17, 15) is 17.7 Å². The summed E-state index contributed by atoms with van der Waals surface area (Å²) >= 11 is 0. The lowest BCUT2D eigenvalue weighted by Gasteiger charge is -2.18. The molecule has 1 heterocycles. The summed E-state index contributed by atoms with van der Waals surface area (Å²) in [4.78, 5) is 21.3. The molecule has 0 unspecified atom stereocenters. The van der Waals surface area contributed by atoms with Crippen molar-refractivity contribution in [3.05, 3.63) is 36.4 Å². The van der Waals surface area contributed by atoms with Gasteiger partial charge in [0.1, 0.15) is 6.29 Å². The molecular weight excluding hydrogens is 324 g/mol. The van der Waals surface area contributed by atoms with Gasteiger partial charge >= 0.3 is 13.8 Å². The molecule has 0 atom stereocenters. The normalized spacial score (nSPS) is 12.4. The zero-order valence-electron chi connectivity index (χ0n) is 10.9. The van der Waals surface area contributed by atoms with Crippen molar-refractivity contribution in [3.63, 3.8) is 0 Å². The quantitative estimate of drug-likeness (QED) is 0.502. The topological polar surface area (TPSA) is 113 Å². The van der Waals surface area contributed by atoms with E-state index in [4.69, 9.17) is 15.5 Å². The summed E-state index contributed by atoms with van der Waals surface area (Å²) in [6.45, 7) is 0. The number of benzene rings is 1. The molecule has 11 heteroatoms. The standard InChI is InChI=1S/C11H12F3N4O3P/c12-11(13,14)7-3-8(15)9(17-6-22(19,20)21)4-10(7)18-2-1-16-5-18/h1-5,17H,6,15H2,(H2,19,20,21). The van der Waals surface area contributed by atoms with Crippen LogP contribution in [0.15, 0.2) is 30.9 Å². The van der Waals surface area contributed by atoms with Crippen LogP contribution in [0.4, 0.5) is 24.5 Å². The Morgan fingerprint density at radius 1 is 1.36 bits per heavy atom. The molecule has 0 radical (unpaired) electrons.